The number of carbonyl (C=O) groups excluding carboxylic acids is 1. The number of rotatable bonds is 2. The van der Waals surface area contributed by atoms with Crippen LogP contribution in [0.1, 0.15) is 47.5 Å². The van der Waals surface area contributed by atoms with Gasteiger partial charge in [-0.25, -0.2) is 4.68 Å². The van der Waals surface area contributed by atoms with Gasteiger partial charge >= 0.3 is 0 Å². The van der Waals surface area contributed by atoms with Crippen molar-refractivity contribution >= 4 is 11.7 Å². The Labute approximate surface area is 156 Å². The largest absolute Gasteiger partial charge is 0.469 e. The van der Waals surface area contributed by atoms with E-state index in [-0.39, 0.29) is 17.7 Å². The number of aromatic nitrogens is 3. The van der Waals surface area contributed by atoms with Crippen molar-refractivity contribution in [1.29, 1.82) is 0 Å². The molecule has 0 unspecified atom stereocenters. The van der Waals surface area contributed by atoms with Crippen LogP contribution in [0.5, 0.6) is 0 Å². The molecule has 2 atom stereocenters. The SMILES string of the molecule is Cc1cccc([C@H]2C3=C(C[C@@H](c4ccco4)CC3=O)Nc3nc(C)nn32)c1. The van der Waals surface area contributed by atoms with Crippen molar-refractivity contribution in [3.8, 4) is 0 Å². The molecular formula is C21H20N4O2. The van der Waals surface area contributed by atoms with Crippen LogP contribution >= 0.6 is 0 Å². The van der Waals surface area contributed by atoms with E-state index in [1.54, 1.807) is 6.26 Å². The van der Waals surface area contributed by atoms with Crippen molar-refractivity contribution in [2.24, 2.45) is 0 Å². The predicted molar refractivity (Wildman–Crippen MR) is 100 cm³/mol. The number of furan rings is 1. The molecule has 27 heavy (non-hydrogen) atoms. The maximum absolute atomic E-state index is 13.2. The summed E-state index contributed by atoms with van der Waals surface area (Å²) in [6, 6.07) is 11.8. The van der Waals surface area contributed by atoms with Crippen LogP contribution in [-0.2, 0) is 4.79 Å². The van der Waals surface area contributed by atoms with Gasteiger partial charge in [0.15, 0.2) is 5.78 Å². The van der Waals surface area contributed by atoms with Gasteiger partial charge in [0.1, 0.15) is 17.6 Å². The molecule has 1 aliphatic heterocycles. The number of nitrogens with one attached hydrogen (secondary N) is 1. The molecule has 0 amide bonds. The molecule has 0 saturated heterocycles. The smallest absolute Gasteiger partial charge is 0.226 e. The van der Waals surface area contributed by atoms with Crippen molar-refractivity contribution < 1.29 is 9.21 Å². The highest BCUT2D eigenvalue weighted by Crippen LogP contribution is 2.44. The van der Waals surface area contributed by atoms with Gasteiger partial charge in [-0.2, -0.15) is 10.1 Å². The first kappa shape index (κ1) is 16.1. The molecule has 6 heteroatoms. The highest BCUT2D eigenvalue weighted by molar-refractivity contribution is 6.00. The van der Waals surface area contributed by atoms with Gasteiger partial charge < -0.3 is 9.73 Å². The van der Waals surface area contributed by atoms with E-state index in [1.807, 2.05) is 29.8 Å². The van der Waals surface area contributed by atoms with Crippen LogP contribution in [0.15, 0.2) is 58.3 Å². The minimum Gasteiger partial charge on any atom is -0.469 e. The highest BCUT2D eigenvalue weighted by Gasteiger charge is 2.40. The zero-order valence-corrected chi connectivity index (χ0v) is 15.3. The molecule has 2 aromatic heterocycles. The van der Waals surface area contributed by atoms with Crippen molar-refractivity contribution in [1.82, 2.24) is 14.8 Å². The molecule has 3 aromatic rings. The van der Waals surface area contributed by atoms with E-state index in [4.69, 9.17) is 4.42 Å². The van der Waals surface area contributed by atoms with E-state index in [1.165, 1.54) is 0 Å². The van der Waals surface area contributed by atoms with E-state index in [9.17, 15) is 4.79 Å². The lowest BCUT2D eigenvalue weighted by atomic mass is 9.79. The number of Topliss-reactive ketones (excluding diaryl/α,β-unsaturated/α-hetero) is 1. The van der Waals surface area contributed by atoms with Gasteiger partial charge in [0, 0.05) is 23.6 Å². The number of carbonyl (C=O) groups is 1. The summed E-state index contributed by atoms with van der Waals surface area (Å²) in [6.45, 7) is 3.93. The Morgan fingerprint density at radius 3 is 2.85 bits per heavy atom. The van der Waals surface area contributed by atoms with Crippen LogP contribution < -0.4 is 5.32 Å². The molecule has 0 radical (unpaired) electrons. The second-order valence-electron chi connectivity index (χ2n) is 7.30. The number of ketones is 1. The molecule has 5 rings (SSSR count). The summed E-state index contributed by atoms with van der Waals surface area (Å²) in [5, 5.41) is 7.93. The lowest BCUT2D eigenvalue weighted by molar-refractivity contribution is -0.117. The number of nitrogens with zero attached hydrogens (tertiary/aromatic N) is 3. The van der Waals surface area contributed by atoms with E-state index in [2.05, 4.69) is 40.5 Å². The number of benzene rings is 1. The van der Waals surface area contributed by atoms with Crippen molar-refractivity contribution in [2.75, 3.05) is 5.32 Å². The molecule has 0 fully saturated rings. The Morgan fingerprint density at radius 1 is 1.19 bits per heavy atom. The summed E-state index contributed by atoms with van der Waals surface area (Å²) in [4.78, 5) is 17.7. The maximum Gasteiger partial charge on any atom is 0.226 e. The fraction of sp³-hybridized carbons (Fsp3) is 0.286. The predicted octanol–water partition coefficient (Wildman–Crippen LogP) is 3.90. The number of anilines is 1. The topological polar surface area (TPSA) is 73.0 Å². The van der Waals surface area contributed by atoms with Crippen LogP contribution in [0.4, 0.5) is 5.95 Å². The van der Waals surface area contributed by atoms with Gasteiger partial charge in [0.05, 0.1) is 6.26 Å². The summed E-state index contributed by atoms with van der Waals surface area (Å²) in [7, 11) is 0. The second-order valence-corrected chi connectivity index (χ2v) is 7.30. The normalized spacial score (nSPS) is 21.6. The quantitative estimate of drug-likeness (QED) is 0.750. The molecule has 1 aromatic carbocycles. The summed E-state index contributed by atoms with van der Waals surface area (Å²) in [5.41, 5.74) is 3.93. The molecule has 136 valence electrons. The van der Waals surface area contributed by atoms with Gasteiger partial charge in [-0.1, -0.05) is 29.8 Å². The summed E-state index contributed by atoms with van der Waals surface area (Å²) in [6.07, 6.45) is 2.83. The Hall–Kier alpha value is -3.15. The van der Waals surface area contributed by atoms with Crippen LogP contribution in [0.2, 0.25) is 0 Å². The molecule has 0 spiro atoms. The first-order valence-corrected chi connectivity index (χ1v) is 9.16. The number of hydrogen-bond donors (Lipinski definition) is 1. The summed E-state index contributed by atoms with van der Waals surface area (Å²) in [5.74, 6) is 2.41. The average Bonchev–Trinajstić information content (AvgIpc) is 3.28. The molecule has 1 aliphatic carbocycles. The third-order valence-electron chi connectivity index (χ3n) is 5.33. The van der Waals surface area contributed by atoms with Gasteiger partial charge in [0.2, 0.25) is 5.95 Å². The number of aryl methyl sites for hydroxylation is 2. The van der Waals surface area contributed by atoms with Crippen LogP contribution in [0.3, 0.4) is 0 Å². The summed E-state index contributed by atoms with van der Waals surface area (Å²) < 4.78 is 7.41. The maximum atomic E-state index is 13.2. The molecule has 1 N–H and O–H groups in total. The Morgan fingerprint density at radius 2 is 2.07 bits per heavy atom. The Kier molecular flexibility index (Phi) is 3.53. The number of hydrogen-bond acceptors (Lipinski definition) is 5. The van der Waals surface area contributed by atoms with Crippen molar-refractivity contribution in [3.05, 3.63) is 76.6 Å². The lowest BCUT2D eigenvalue weighted by Gasteiger charge is -2.34. The van der Waals surface area contributed by atoms with Gasteiger partial charge in [0.25, 0.3) is 0 Å². The summed E-state index contributed by atoms with van der Waals surface area (Å²) >= 11 is 0. The molecule has 2 aliphatic rings. The molecule has 6 nitrogen and oxygen atoms in total. The second kappa shape index (κ2) is 5.94. The van der Waals surface area contributed by atoms with E-state index >= 15 is 0 Å². The number of allylic oxidation sites excluding steroid dienone is 2. The number of fused-ring (bicyclic) bond motifs is 1. The van der Waals surface area contributed by atoms with Gasteiger partial charge in [-0.15, -0.1) is 0 Å². The van der Waals surface area contributed by atoms with Crippen LogP contribution in [0, 0.1) is 13.8 Å². The highest BCUT2D eigenvalue weighted by atomic mass is 16.3. The monoisotopic (exact) mass is 360 g/mol. The van der Waals surface area contributed by atoms with E-state index < -0.39 is 0 Å². The first-order chi connectivity index (χ1) is 13.1. The zero-order valence-electron chi connectivity index (χ0n) is 15.3. The Balaban J connectivity index is 1.65. The van der Waals surface area contributed by atoms with E-state index in [0.29, 0.717) is 18.2 Å². The van der Waals surface area contributed by atoms with Gasteiger partial charge in [-0.3, -0.25) is 4.79 Å². The Bertz CT molecular complexity index is 1060. The molecule has 3 heterocycles. The minimum absolute atomic E-state index is 0.0486. The third-order valence-corrected chi connectivity index (χ3v) is 5.33. The lowest BCUT2D eigenvalue weighted by Crippen LogP contribution is -2.33. The average molecular weight is 360 g/mol. The van der Waals surface area contributed by atoms with E-state index in [0.717, 1.165) is 34.6 Å². The van der Waals surface area contributed by atoms with Crippen LogP contribution in [-0.4, -0.2) is 20.5 Å². The zero-order chi connectivity index (χ0) is 18.5. The fourth-order valence-corrected chi connectivity index (χ4v) is 4.19. The first-order valence-electron chi connectivity index (χ1n) is 9.16. The molecular weight excluding hydrogens is 340 g/mol. The van der Waals surface area contributed by atoms with Crippen LogP contribution in [0.25, 0.3) is 0 Å². The fourth-order valence-electron chi connectivity index (χ4n) is 4.19. The third kappa shape index (κ3) is 2.60. The van der Waals surface area contributed by atoms with Crippen molar-refractivity contribution in [3.63, 3.8) is 0 Å². The molecule has 0 saturated carbocycles. The standard InChI is InChI=1S/C21H20N4O2/c1-12-5-3-6-14(9-12)20-19-16(23-21-22-13(2)24-25(20)21)10-15(11-17(19)26)18-7-4-8-27-18/h3-9,15,20H,10-11H2,1-2H3,(H,22,23,24)/t15-,20+/m1/s1. The van der Waals surface area contributed by atoms with Crippen molar-refractivity contribution in [2.45, 2.75) is 38.6 Å². The molecule has 0 bridgehead atoms. The van der Waals surface area contributed by atoms with Gasteiger partial charge in [-0.05, 0) is 38.0 Å². The minimum atomic E-state index is -0.248.